The van der Waals surface area contributed by atoms with Gasteiger partial charge in [0.05, 0.1) is 6.10 Å². The second-order valence-electron chi connectivity index (χ2n) is 5.93. The number of likely N-dealkylation sites (tertiary alicyclic amines) is 1. The van der Waals surface area contributed by atoms with Gasteiger partial charge in [-0.2, -0.15) is 0 Å². The molecule has 3 heteroatoms. The van der Waals surface area contributed by atoms with Gasteiger partial charge < -0.3 is 10.5 Å². The molecule has 4 unspecified atom stereocenters. The lowest BCUT2D eigenvalue weighted by Gasteiger charge is -2.42. The number of nitrogens with two attached hydrogens (primary N) is 1. The first kappa shape index (κ1) is 13.3. The monoisotopic (exact) mass is 240 g/mol. The zero-order valence-corrected chi connectivity index (χ0v) is 11.4. The van der Waals surface area contributed by atoms with E-state index < -0.39 is 0 Å². The lowest BCUT2D eigenvalue weighted by atomic mass is 9.87. The van der Waals surface area contributed by atoms with E-state index in [1.54, 1.807) is 0 Å². The Morgan fingerprint density at radius 3 is 2.76 bits per heavy atom. The van der Waals surface area contributed by atoms with Gasteiger partial charge in [0.1, 0.15) is 0 Å². The molecule has 1 saturated heterocycles. The second-order valence-corrected chi connectivity index (χ2v) is 5.93. The molecule has 0 spiro atoms. The van der Waals surface area contributed by atoms with Crippen molar-refractivity contribution in [3.8, 4) is 0 Å². The van der Waals surface area contributed by atoms with E-state index in [1.807, 2.05) is 7.11 Å². The van der Waals surface area contributed by atoms with Crippen LogP contribution in [0.2, 0.25) is 0 Å². The molecular formula is C14H28N2O. The summed E-state index contributed by atoms with van der Waals surface area (Å²) in [6.45, 7) is 4.64. The minimum atomic E-state index is 0.347. The summed E-state index contributed by atoms with van der Waals surface area (Å²) in [5, 5.41) is 0. The molecule has 2 fully saturated rings. The lowest BCUT2D eigenvalue weighted by molar-refractivity contribution is 0.0133. The van der Waals surface area contributed by atoms with Crippen molar-refractivity contribution >= 4 is 0 Å². The Kier molecular flexibility index (Phi) is 4.83. The van der Waals surface area contributed by atoms with E-state index in [0.29, 0.717) is 18.1 Å². The summed E-state index contributed by atoms with van der Waals surface area (Å²) in [5.74, 6) is 0.701. The van der Waals surface area contributed by atoms with Crippen LogP contribution in [0.1, 0.15) is 45.4 Å². The SMILES string of the molecule is COC1CCCC(N2CCCC(C(C)N)C2)C1. The Morgan fingerprint density at radius 1 is 1.24 bits per heavy atom. The van der Waals surface area contributed by atoms with E-state index >= 15 is 0 Å². The summed E-state index contributed by atoms with van der Waals surface area (Å²) in [5.41, 5.74) is 6.06. The molecule has 0 radical (unpaired) electrons. The van der Waals surface area contributed by atoms with Crippen LogP contribution in [-0.4, -0.2) is 43.3 Å². The first-order chi connectivity index (χ1) is 8.20. The van der Waals surface area contributed by atoms with Gasteiger partial charge in [-0.3, -0.25) is 4.90 Å². The molecule has 0 aromatic heterocycles. The van der Waals surface area contributed by atoms with E-state index in [1.165, 1.54) is 51.6 Å². The number of nitrogens with zero attached hydrogens (tertiary/aromatic N) is 1. The molecule has 17 heavy (non-hydrogen) atoms. The Hall–Kier alpha value is -0.120. The molecule has 4 atom stereocenters. The highest BCUT2D eigenvalue weighted by atomic mass is 16.5. The van der Waals surface area contributed by atoms with Crippen LogP contribution in [0.3, 0.4) is 0 Å². The fourth-order valence-electron chi connectivity index (χ4n) is 3.47. The van der Waals surface area contributed by atoms with Gasteiger partial charge in [-0.1, -0.05) is 0 Å². The molecule has 2 rings (SSSR count). The van der Waals surface area contributed by atoms with Crippen molar-refractivity contribution in [3.05, 3.63) is 0 Å². The molecule has 1 heterocycles. The molecule has 1 aliphatic heterocycles. The van der Waals surface area contributed by atoms with Crippen LogP contribution in [-0.2, 0) is 4.74 Å². The van der Waals surface area contributed by atoms with Crippen molar-refractivity contribution in [1.82, 2.24) is 4.90 Å². The minimum absolute atomic E-state index is 0.347. The fraction of sp³-hybridized carbons (Fsp3) is 1.00. The summed E-state index contributed by atoms with van der Waals surface area (Å²) in [7, 11) is 1.86. The first-order valence-corrected chi connectivity index (χ1v) is 7.23. The Balaban J connectivity index is 1.88. The third kappa shape index (κ3) is 3.43. The highest BCUT2D eigenvalue weighted by Gasteiger charge is 2.31. The smallest absolute Gasteiger partial charge is 0.0586 e. The second kappa shape index (κ2) is 6.17. The summed E-state index contributed by atoms with van der Waals surface area (Å²) in [4.78, 5) is 2.68. The number of rotatable bonds is 3. The molecule has 3 nitrogen and oxygen atoms in total. The fourth-order valence-corrected chi connectivity index (χ4v) is 3.47. The Bertz CT molecular complexity index is 232. The lowest BCUT2D eigenvalue weighted by Crippen LogP contribution is -2.48. The van der Waals surface area contributed by atoms with Crippen molar-refractivity contribution in [2.75, 3.05) is 20.2 Å². The van der Waals surface area contributed by atoms with Gasteiger partial charge >= 0.3 is 0 Å². The average Bonchev–Trinajstić information content (AvgIpc) is 2.39. The molecule has 100 valence electrons. The van der Waals surface area contributed by atoms with Gasteiger partial charge in [0, 0.05) is 25.7 Å². The maximum absolute atomic E-state index is 6.06. The largest absolute Gasteiger partial charge is 0.381 e. The Morgan fingerprint density at radius 2 is 2.06 bits per heavy atom. The average molecular weight is 240 g/mol. The predicted molar refractivity (Wildman–Crippen MR) is 71.0 cm³/mol. The van der Waals surface area contributed by atoms with Crippen LogP contribution in [0.4, 0.5) is 0 Å². The van der Waals surface area contributed by atoms with E-state index in [-0.39, 0.29) is 0 Å². The van der Waals surface area contributed by atoms with E-state index in [2.05, 4.69) is 11.8 Å². The minimum Gasteiger partial charge on any atom is -0.381 e. The van der Waals surface area contributed by atoms with Gasteiger partial charge in [-0.05, 0) is 57.9 Å². The number of ether oxygens (including phenoxy) is 1. The summed E-state index contributed by atoms with van der Waals surface area (Å²) >= 11 is 0. The predicted octanol–water partition coefficient (Wildman–Crippen LogP) is 2.00. The molecule has 0 amide bonds. The quantitative estimate of drug-likeness (QED) is 0.820. The van der Waals surface area contributed by atoms with Crippen LogP contribution in [0.15, 0.2) is 0 Å². The van der Waals surface area contributed by atoms with Gasteiger partial charge in [-0.15, -0.1) is 0 Å². The third-order valence-electron chi connectivity index (χ3n) is 4.68. The number of methoxy groups -OCH3 is 1. The van der Waals surface area contributed by atoms with E-state index in [9.17, 15) is 0 Å². The Labute approximate surface area is 106 Å². The molecule has 2 N–H and O–H groups in total. The molecule has 2 aliphatic rings. The van der Waals surface area contributed by atoms with Gasteiger partial charge in [-0.25, -0.2) is 0 Å². The molecule has 1 saturated carbocycles. The topological polar surface area (TPSA) is 38.5 Å². The third-order valence-corrected chi connectivity index (χ3v) is 4.68. The van der Waals surface area contributed by atoms with E-state index in [0.717, 1.165) is 6.04 Å². The molecule has 0 bridgehead atoms. The standard InChI is InChI=1S/C14H28N2O/c1-11(15)12-5-4-8-16(10-12)13-6-3-7-14(9-13)17-2/h11-14H,3-10,15H2,1-2H3. The van der Waals surface area contributed by atoms with Crippen molar-refractivity contribution in [1.29, 1.82) is 0 Å². The van der Waals surface area contributed by atoms with Gasteiger partial charge in [0.15, 0.2) is 0 Å². The molecular weight excluding hydrogens is 212 g/mol. The van der Waals surface area contributed by atoms with Crippen LogP contribution in [0.5, 0.6) is 0 Å². The van der Waals surface area contributed by atoms with Crippen LogP contribution in [0, 0.1) is 5.92 Å². The normalized spacial score (nSPS) is 37.9. The first-order valence-electron chi connectivity index (χ1n) is 7.23. The summed E-state index contributed by atoms with van der Waals surface area (Å²) in [6, 6.07) is 1.09. The summed E-state index contributed by atoms with van der Waals surface area (Å²) in [6.07, 6.45) is 8.27. The van der Waals surface area contributed by atoms with Gasteiger partial charge in [0.25, 0.3) is 0 Å². The highest BCUT2D eigenvalue weighted by Crippen LogP contribution is 2.29. The summed E-state index contributed by atoms with van der Waals surface area (Å²) < 4.78 is 5.54. The van der Waals surface area contributed by atoms with Crippen molar-refractivity contribution in [2.24, 2.45) is 11.7 Å². The molecule has 1 aliphatic carbocycles. The van der Waals surface area contributed by atoms with Crippen LogP contribution in [0.25, 0.3) is 0 Å². The maximum Gasteiger partial charge on any atom is 0.0586 e. The zero-order chi connectivity index (χ0) is 12.3. The van der Waals surface area contributed by atoms with Crippen LogP contribution >= 0.6 is 0 Å². The highest BCUT2D eigenvalue weighted by molar-refractivity contribution is 4.86. The zero-order valence-electron chi connectivity index (χ0n) is 11.4. The van der Waals surface area contributed by atoms with E-state index in [4.69, 9.17) is 10.5 Å². The molecule has 0 aromatic carbocycles. The molecule has 0 aromatic rings. The van der Waals surface area contributed by atoms with Gasteiger partial charge in [0.2, 0.25) is 0 Å². The van der Waals surface area contributed by atoms with Crippen molar-refractivity contribution in [2.45, 2.75) is 63.6 Å². The van der Waals surface area contributed by atoms with Crippen molar-refractivity contribution in [3.63, 3.8) is 0 Å². The maximum atomic E-state index is 6.06. The number of piperidine rings is 1. The van der Waals surface area contributed by atoms with Crippen molar-refractivity contribution < 1.29 is 4.74 Å². The number of hydrogen-bond acceptors (Lipinski definition) is 3. The number of hydrogen-bond donors (Lipinski definition) is 1. The van der Waals surface area contributed by atoms with Crippen LogP contribution < -0.4 is 5.73 Å².